The Kier molecular flexibility index (Phi) is 4.58. The Labute approximate surface area is 130 Å². The monoisotopic (exact) mass is 352 g/mol. The Hall–Kier alpha value is -1.81. The van der Waals surface area contributed by atoms with Gasteiger partial charge in [-0.05, 0) is 31.0 Å². The molecule has 1 fully saturated rings. The van der Waals surface area contributed by atoms with Crippen LogP contribution in [0, 0.1) is 5.92 Å². The molecule has 0 bridgehead atoms. The van der Waals surface area contributed by atoms with Crippen LogP contribution in [0.1, 0.15) is 18.4 Å². The molecule has 0 unspecified atom stereocenters. The van der Waals surface area contributed by atoms with Crippen molar-refractivity contribution in [2.75, 3.05) is 18.0 Å². The van der Waals surface area contributed by atoms with Crippen LogP contribution in [0.2, 0.25) is 0 Å². The Bertz CT molecular complexity index is 710. The largest absolute Gasteiger partial charge is 0.481 e. The topological polar surface area (TPSA) is 101 Å². The Balaban J connectivity index is 2.38. The Morgan fingerprint density at radius 1 is 1.26 bits per heavy atom. The fraction of sp³-hybridized carbons (Fsp3) is 0.462. The summed E-state index contributed by atoms with van der Waals surface area (Å²) in [5.41, 5.74) is -1.27. The number of carbonyl (C=O) groups is 1. The summed E-state index contributed by atoms with van der Waals surface area (Å²) in [6, 6.07) is 2.58. The number of primary sulfonamides is 1. The third-order valence-corrected chi connectivity index (χ3v) is 4.70. The van der Waals surface area contributed by atoms with Gasteiger partial charge in [0.25, 0.3) is 0 Å². The molecular formula is C13H15F3N2O4S. The Morgan fingerprint density at radius 2 is 1.83 bits per heavy atom. The molecule has 1 aromatic rings. The molecular weight excluding hydrogens is 337 g/mol. The lowest BCUT2D eigenvalue weighted by Gasteiger charge is -2.33. The molecule has 3 N–H and O–H groups in total. The molecule has 0 spiro atoms. The summed E-state index contributed by atoms with van der Waals surface area (Å²) in [6.45, 7) is 0.295. The molecule has 0 saturated carbocycles. The lowest BCUT2D eigenvalue weighted by Crippen LogP contribution is -2.37. The lowest BCUT2D eigenvalue weighted by atomic mass is 9.96. The van der Waals surface area contributed by atoms with E-state index in [1.807, 2.05) is 0 Å². The minimum atomic E-state index is -4.75. The van der Waals surface area contributed by atoms with Gasteiger partial charge in [0.05, 0.1) is 16.4 Å². The fourth-order valence-electron chi connectivity index (χ4n) is 2.56. The van der Waals surface area contributed by atoms with E-state index in [-0.39, 0.29) is 31.6 Å². The number of hydrogen-bond acceptors (Lipinski definition) is 4. The molecule has 0 aromatic heterocycles. The van der Waals surface area contributed by atoms with Crippen LogP contribution in [-0.2, 0) is 21.0 Å². The number of alkyl halides is 3. The number of piperidine rings is 1. The van der Waals surface area contributed by atoms with E-state index in [0.717, 1.165) is 12.1 Å². The maximum absolute atomic E-state index is 13.2. The van der Waals surface area contributed by atoms with Gasteiger partial charge in [-0.2, -0.15) is 13.2 Å². The number of rotatable bonds is 3. The van der Waals surface area contributed by atoms with Gasteiger partial charge >= 0.3 is 12.1 Å². The molecule has 1 aliphatic heterocycles. The van der Waals surface area contributed by atoms with Crippen molar-refractivity contribution in [3.8, 4) is 0 Å². The molecule has 10 heteroatoms. The smallest absolute Gasteiger partial charge is 0.418 e. The molecule has 0 radical (unpaired) electrons. The second-order valence-corrected chi connectivity index (χ2v) is 6.88. The number of sulfonamides is 1. The SMILES string of the molecule is NS(=O)(=O)c1ccc(N2CCC(C(=O)O)CC2)c(C(F)(F)F)c1. The van der Waals surface area contributed by atoms with E-state index in [0.29, 0.717) is 6.07 Å². The zero-order valence-corrected chi connectivity index (χ0v) is 12.7. The van der Waals surface area contributed by atoms with E-state index < -0.39 is 38.5 Å². The predicted octanol–water partition coefficient (Wildman–Crippen LogP) is 1.65. The summed E-state index contributed by atoms with van der Waals surface area (Å²) in [5, 5.41) is 13.8. The molecule has 6 nitrogen and oxygen atoms in total. The van der Waals surface area contributed by atoms with Crippen molar-refractivity contribution >= 4 is 21.7 Å². The van der Waals surface area contributed by atoms with Crippen molar-refractivity contribution in [2.24, 2.45) is 11.1 Å². The number of carboxylic acid groups (broad SMARTS) is 1. The highest BCUT2D eigenvalue weighted by molar-refractivity contribution is 7.89. The first-order valence-corrected chi connectivity index (χ1v) is 8.26. The van der Waals surface area contributed by atoms with Gasteiger partial charge in [0.15, 0.2) is 0 Å². The van der Waals surface area contributed by atoms with Crippen molar-refractivity contribution < 1.29 is 31.5 Å². The quantitative estimate of drug-likeness (QED) is 0.861. The van der Waals surface area contributed by atoms with Crippen LogP contribution in [0.25, 0.3) is 0 Å². The van der Waals surface area contributed by atoms with Crippen LogP contribution in [0.3, 0.4) is 0 Å². The average Bonchev–Trinajstić information content (AvgIpc) is 2.45. The first-order valence-electron chi connectivity index (χ1n) is 6.72. The molecule has 128 valence electrons. The minimum Gasteiger partial charge on any atom is -0.481 e. The van der Waals surface area contributed by atoms with Crippen LogP contribution in [-0.4, -0.2) is 32.6 Å². The van der Waals surface area contributed by atoms with E-state index >= 15 is 0 Å². The van der Waals surface area contributed by atoms with Gasteiger partial charge in [-0.1, -0.05) is 0 Å². The van der Waals surface area contributed by atoms with Crippen molar-refractivity contribution in [2.45, 2.75) is 23.9 Å². The molecule has 0 atom stereocenters. The molecule has 1 aliphatic rings. The third kappa shape index (κ3) is 3.94. The van der Waals surface area contributed by atoms with E-state index in [9.17, 15) is 26.4 Å². The summed E-state index contributed by atoms with van der Waals surface area (Å²) in [7, 11) is -4.25. The molecule has 2 rings (SSSR count). The first kappa shape index (κ1) is 17.5. The van der Waals surface area contributed by atoms with Crippen LogP contribution >= 0.6 is 0 Å². The summed E-state index contributed by atoms with van der Waals surface area (Å²) in [6.07, 6.45) is -4.30. The van der Waals surface area contributed by atoms with Gasteiger partial charge in [-0.25, -0.2) is 13.6 Å². The third-order valence-electron chi connectivity index (χ3n) is 3.79. The maximum Gasteiger partial charge on any atom is 0.418 e. The van der Waals surface area contributed by atoms with Gasteiger partial charge in [0, 0.05) is 18.8 Å². The highest BCUT2D eigenvalue weighted by atomic mass is 32.2. The number of hydrogen-bond donors (Lipinski definition) is 2. The van der Waals surface area contributed by atoms with Crippen LogP contribution in [0.15, 0.2) is 23.1 Å². The van der Waals surface area contributed by atoms with Crippen LogP contribution < -0.4 is 10.0 Å². The van der Waals surface area contributed by atoms with Crippen molar-refractivity contribution in [1.82, 2.24) is 0 Å². The Morgan fingerprint density at radius 3 is 2.26 bits per heavy atom. The average molecular weight is 352 g/mol. The second kappa shape index (κ2) is 6.00. The van der Waals surface area contributed by atoms with E-state index in [1.54, 1.807) is 0 Å². The van der Waals surface area contributed by atoms with Crippen LogP contribution in [0.5, 0.6) is 0 Å². The summed E-state index contributed by atoms with van der Waals surface area (Å²) in [5.74, 6) is -1.55. The maximum atomic E-state index is 13.2. The van der Waals surface area contributed by atoms with E-state index in [4.69, 9.17) is 10.2 Å². The molecule has 0 aliphatic carbocycles. The minimum absolute atomic E-state index is 0.148. The molecule has 0 amide bonds. The zero-order chi connectivity index (χ0) is 17.4. The number of carboxylic acids is 1. The van der Waals surface area contributed by atoms with Crippen molar-refractivity contribution in [1.29, 1.82) is 0 Å². The number of benzene rings is 1. The van der Waals surface area contributed by atoms with Gasteiger partial charge < -0.3 is 10.0 Å². The molecule has 1 aromatic carbocycles. The normalized spacial score (nSPS) is 17.3. The molecule has 1 heterocycles. The number of aliphatic carboxylic acids is 1. The van der Waals surface area contributed by atoms with Crippen molar-refractivity contribution in [3.05, 3.63) is 23.8 Å². The standard InChI is InChI=1S/C13H15F3N2O4S/c14-13(15,16)10-7-9(23(17,21)22)1-2-11(10)18-5-3-8(4-6-18)12(19)20/h1-2,7-8H,3-6H2,(H,19,20)(H2,17,21,22). The fourth-order valence-corrected chi connectivity index (χ4v) is 3.10. The summed E-state index contributed by atoms with van der Waals surface area (Å²) < 4.78 is 62.2. The highest BCUT2D eigenvalue weighted by Crippen LogP contribution is 2.39. The second-order valence-electron chi connectivity index (χ2n) is 5.32. The van der Waals surface area contributed by atoms with Gasteiger partial charge in [-0.15, -0.1) is 0 Å². The number of nitrogens with two attached hydrogens (primary N) is 1. The van der Waals surface area contributed by atoms with Gasteiger partial charge in [0.1, 0.15) is 0 Å². The lowest BCUT2D eigenvalue weighted by molar-refractivity contribution is -0.142. The summed E-state index contributed by atoms with van der Waals surface area (Å²) in [4.78, 5) is 11.7. The predicted molar refractivity (Wildman–Crippen MR) is 75.4 cm³/mol. The molecule has 1 saturated heterocycles. The van der Waals surface area contributed by atoms with Crippen LogP contribution in [0.4, 0.5) is 18.9 Å². The summed E-state index contributed by atoms with van der Waals surface area (Å²) >= 11 is 0. The van der Waals surface area contributed by atoms with Gasteiger partial charge in [0.2, 0.25) is 10.0 Å². The van der Waals surface area contributed by atoms with Gasteiger partial charge in [-0.3, -0.25) is 4.79 Å². The number of nitrogens with zero attached hydrogens (tertiary/aromatic N) is 1. The zero-order valence-electron chi connectivity index (χ0n) is 11.9. The molecule has 23 heavy (non-hydrogen) atoms. The number of anilines is 1. The first-order chi connectivity index (χ1) is 10.5. The highest BCUT2D eigenvalue weighted by Gasteiger charge is 2.37. The number of halogens is 3. The van der Waals surface area contributed by atoms with E-state index in [2.05, 4.69) is 0 Å². The van der Waals surface area contributed by atoms with Crippen molar-refractivity contribution in [3.63, 3.8) is 0 Å². The van der Waals surface area contributed by atoms with E-state index in [1.165, 1.54) is 4.90 Å².